The fourth-order valence-electron chi connectivity index (χ4n) is 2.01. The summed E-state index contributed by atoms with van der Waals surface area (Å²) in [7, 11) is 0. The van der Waals surface area contributed by atoms with Crippen molar-refractivity contribution < 1.29 is 4.79 Å². The van der Waals surface area contributed by atoms with E-state index in [2.05, 4.69) is 15.5 Å². The van der Waals surface area contributed by atoms with Gasteiger partial charge in [-0.15, -0.1) is 11.8 Å². The molecule has 18 heavy (non-hydrogen) atoms. The number of hydrogen-bond acceptors (Lipinski definition) is 4. The highest BCUT2D eigenvalue weighted by Gasteiger charge is 2.14. The molecule has 1 aromatic rings. The zero-order valence-electron chi connectivity index (χ0n) is 10.6. The molecule has 0 saturated carbocycles. The standard InChI is InChI=1S/C13H19N3OS/c1-18-12-5-3-2-4-11(12)15-13(17)10-16-8-6-14-7-9-16/h2-5,14H,6-10H2,1H3,(H,15,17). The molecule has 2 N–H and O–H groups in total. The van der Waals surface area contributed by atoms with Crippen LogP contribution in [-0.2, 0) is 4.79 Å². The van der Waals surface area contributed by atoms with Gasteiger partial charge in [-0.2, -0.15) is 0 Å². The van der Waals surface area contributed by atoms with Gasteiger partial charge >= 0.3 is 0 Å². The Morgan fingerprint density at radius 3 is 2.83 bits per heavy atom. The molecule has 1 amide bonds. The van der Waals surface area contributed by atoms with Gasteiger partial charge in [-0.25, -0.2) is 0 Å². The van der Waals surface area contributed by atoms with Crippen LogP contribution < -0.4 is 10.6 Å². The smallest absolute Gasteiger partial charge is 0.238 e. The third kappa shape index (κ3) is 3.73. The van der Waals surface area contributed by atoms with Crippen LogP contribution in [0.1, 0.15) is 0 Å². The summed E-state index contributed by atoms with van der Waals surface area (Å²) >= 11 is 1.65. The zero-order chi connectivity index (χ0) is 12.8. The first kappa shape index (κ1) is 13.4. The van der Waals surface area contributed by atoms with E-state index in [0.717, 1.165) is 36.8 Å². The maximum absolute atomic E-state index is 12.0. The predicted octanol–water partition coefficient (Wildman–Crippen LogP) is 1.25. The Bertz CT molecular complexity index is 405. The number of rotatable bonds is 4. The lowest BCUT2D eigenvalue weighted by atomic mass is 10.3. The van der Waals surface area contributed by atoms with E-state index in [4.69, 9.17) is 0 Å². The van der Waals surface area contributed by atoms with Crippen molar-refractivity contribution in [2.45, 2.75) is 4.90 Å². The van der Waals surface area contributed by atoms with Crippen LogP contribution in [0.15, 0.2) is 29.2 Å². The minimum Gasteiger partial charge on any atom is -0.324 e. The largest absolute Gasteiger partial charge is 0.324 e. The van der Waals surface area contributed by atoms with Crippen LogP contribution in [-0.4, -0.2) is 49.8 Å². The summed E-state index contributed by atoms with van der Waals surface area (Å²) in [6.07, 6.45) is 2.02. The van der Waals surface area contributed by atoms with Gasteiger partial charge in [0.25, 0.3) is 0 Å². The van der Waals surface area contributed by atoms with Gasteiger partial charge in [-0.1, -0.05) is 12.1 Å². The maximum atomic E-state index is 12.0. The van der Waals surface area contributed by atoms with Crippen molar-refractivity contribution in [2.75, 3.05) is 44.3 Å². The van der Waals surface area contributed by atoms with E-state index in [1.165, 1.54) is 0 Å². The summed E-state index contributed by atoms with van der Waals surface area (Å²) in [5.41, 5.74) is 0.908. The minimum absolute atomic E-state index is 0.0680. The zero-order valence-corrected chi connectivity index (χ0v) is 11.4. The first-order valence-electron chi connectivity index (χ1n) is 6.15. The Hall–Kier alpha value is -1.04. The molecule has 1 aliphatic heterocycles. The van der Waals surface area contributed by atoms with Crippen molar-refractivity contribution in [3.63, 3.8) is 0 Å². The predicted molar refractivity (Wildman–Crippen MR) is 76.2 cm³/mol. The second kappa shape index (κ2) is 6.78. The maximum Gasteiger partial charge on any atom is 0.238 e. The number of para-hydroxylation sites is 1. The van der Waals surface area contributed by atoms with Crippen LogP contribution in [0, 0.1) is 0 Å². The molecule has 2 rings (SSSR count). The molecule has 0 atom stereocenters. The Balaban J connectivity index is 1.90. The second-order valence-electron chi connectivity index (χ2n) is 4.27. The molecule has 0 radical (unpaired) electrons. The summed E-state index contributed by atoms with van der Waals surface area (Å²) in [6.45, 7) is 4.29. The lowest BCUT2D eigenvalue weighted by Crippen LogP contribution is -2.46. The van der Waals surface area contributed by atoms with Gasteiger partial charge in [0.2, 0.25) is 5.91 Å². The molecule has 98 valence electrons. The molecule has 1 saturated heterocycles. The molecule has 1 fully saturated rings. The van der Waals surface area contributed by atoms with Crippen LogP contribution in [0.25, 0.3) is 0 Å². The average molecular weight is 265 g/mol. The van der Waals surface area contributed by atoms with E-state index in [1.807, 2.05) is 30.5 Å². The Morgan fingerprint density at radius 2 is 2.11 bits per heavy atom. The van der Waals surface area contributed by atoms with E-state index in [-0.39, 0.29) is 5.91 Å². The number of nitrogens with zero attached hydrogens (tertiary/aromatic N) is 1. The SMILES string of the molecule is CSc1ccccc1NC(=O)CN1CCNCC1. The van der Waals surface area contributed by atoms with E-state index in [0.29, 0.717) is 6.54 Å². The third-order valence-electron chi connectivity index (χ3n) is 2.96. The Labute approximate surface area is 112 Å². The number of hydrogen-bond donors (Lipinski definition) is 2. The number of carbonyl (C=O) groups is 1. The van der Waals surface area contributed by atoms with Gasteiger partial charge in [0.15, 0.2) is 0 Å². The lowest BCUT2D eigenvalue weighted by Gasteiger charge is -2.26. The monoisotopic (exact) mass is 265 g/mol. The summed E-state index contributed by atoms with van der Waals surface area (Å²) < 4.78 is 0. The van der Waals surface area contributed by atoms with Crippen LogP contribution in [0.2, 0.25) is 0 Å². The summed E-state index contributed by atoms with van der Waals surface area (Å²) in [5.74, 6) is 0.0680. The quantitative estimate of drug-likeness (QED) is 0.804. The number of piperazine rings is 1. The van der Waals surface area contributed by atoms with Crippen molar-refractivity contribution in [2.24, 2.45) is 0 Å². The molecule has 1 aliphatic rings. The fourth-order valence-corrected chi connectivity index (χ4v) is 2.56. The van der Waals surface area contributed by atoms with Crippen LogP contribution in [0.5, 0.6) is 0 Å². The number of carbonyl (C=O) groups excluding carboxylic acids is 1. The van der Waals surface area contributed by atoms with E-state index in [1.54, 1.807) is 11.8 Å². The van der Waals surface area contributed by atoms with Crippen molar-refractivity contribution >= 4 is 23.4 Å². The van der Waals surface area contributed by atoms with Gasteiger partial charge in [0.1, 0.15) is 0 Å². The normalized spacial score (nSPS) is 16.5. The molecule has 1 heterocycles. The molecule has 0 spiro atoms. The highest BCUT2D eigenvalue weighted by atomic mass is 32.2. The van der Waals surface area contributed by atoms with Gasteiger partial charge in [0.05, 0.1) is 12.2 Å². The highest BCUT2D eigenvalue weighted by Crippen LogP contribution is 2.24. The third-order valence-corrected chi connectivity index (χ3v) is 3.75. The van der Waals surface area contributed by atoms with Crippen LogP contribution in [0.3, 0.4) is 0 Å². The Morgan fingerprint density at radius 1 is 1.39 bits per heavy atom. The summed E-state index contributed by atoms with van der Waals surface area (Å²) in [6, 6.07) is 7.89. The second-order valence-corrected chi connectivity index (χ2v) is 5.12. The topological polar surface area (TPSA) is 44.4 Å². The fraction of sp³-hybridized carbons (Fsp3) is 0.462. The molecule has 5 heteroatoms. The van der Waals surface area contributed by atoms with Crippen LogP contribution in [0.4, 0.5) is 5.69 Å². The minimum atomic E-state index is 0.0680. The van der Waals surface area contributed by atoms with Gasteiger partial charge in [-0.3, -0.25) is 9.69 Å². The summed E-state index contributed by atoms with van der Waals surface area (Å²) in [4.78, 5) is 15.2. The number of amides is 1. The molecular formula is C13H19N3OS. The number of nitrogens with one attached hydrogen (secondary N) is 2. The van der Waals surface area contributed by atoms with Gasteiger partial charge < -0.3 is 10.6 Å². The van der Waals surface area contributed by atoms with E-state index in [9.17, 15) is 4.79 Å². The van der Waals surface area contributed by atoms with Crippen molar-refractivity contribution in [3.05, 3.63) is 24.3 Å². The summed E-state index contributed by atoms with van der Waals surface area (Å²) in [5, 5.41) is 6.27. The average Bonchev–Trinajstić information content (AvgIpc) is 2.40. The van der Waals surface area contributed by atoms with Crippen molar-refractivity contribution in [3.8, 4) is 0 Å². The highest BCUT2D eigenvalue weighted by molar-refractivity contribution is 7.98. The first-order valence-corrected chi connectivity index (χ1v) is 7.38. The lowest BCUT2D eigenvalue weighted by molar-refractivity contribution is -0.117. The Kier molecular flexibility index (Phi) is 5.04. The molecular weight excluding hydrogens is 246 g/mol. The molecule has 0 bridgehead atoms. The molecule has 4 nitrogen and oxygen atoms in total. The molecule has 1 aromatic carbocycles. The molecule has 0 aromatic heterocycles. The van der Waals surface area contributed by atoms with Gasteiger partial charge in [0, 0.05) is 31.1 Å². The van der Waals surface area contributed by atoms with Gasteiger partial charge in [-0.05, 0) is 18.4 Å². The van der Waals surface area contributed by atoms with Crippen molar-refractivity contribution in [1.29, 1.82) is 0 Å². The number of anilines is 1. The van der Waals surface area contributed by atoms with E-state index < -0.39 is 0 Å². The number of thioether (sulfide) groups is 1. The van der Waals surface area contributed by atoms with E-state index >= 15 is 0 Å². The van der Waals surface area contributed by atoms with Crippen LogP contribution >= 0.6 is 11.8 Å². The van der Waals surface area contributed by atoms with Crippen molar-refractivity contribution in [1.82, 2.24) is 10.2 Å². The first-order chi connectivity index (χ1) is 8.79. The number of benzene rings is 1. The molecule has 0 unspecified atom stereocenters. The molecule has 0 aliphatic carbocycles.